The van der Waals surface area contributed by atoms with Gasteiger partial charge in [0.25, 0.3) is 0 Å². The monoisotopic (exact) mass is 297 g/mol. The second kappa shape index (κ2) is 7.59. The number of hydrogen-bond donors (Lipinski definition) is 2. The van der Waals surface area contributed by atoms with E-state index >= 15 is 0 Å². The molecule has 0 radical (unpaired) electrons. The van der Waals surface area contributed by atoms with Crippen LogP contribution in [-0.2, 0) is 4.79 Å². The summed E-state index contributed by atoms with van der Waals surface area (Å²) in [7, 11) is 4.26. The van der Waals surface area contributed by atoms with Crippen LogP contribution in [0.2, 0.25) is 0 Å². The highest BCUT2D eigenvalue weighted by Gasteiger charge is 2.35. The molecule has 1 amide bonds. The summed E-state index contributed by atoms with van der Waals surface area (Å²) in [5, 5.41) is 3.19. The zero-order valence-corrected chi connectivity index (χ0v) is 14.7. The van der Waals surface area contributed by atoms with Crippen LogP contribution in [0.15, 0.2) is 0 Å². The molecule has 0 saturated heterocycles. The van der Waals surface area contributed by atoms with Crippen LogP contribution in [0.3, 0.4) is 0 Å². The summed E-state index contributed by atoms with van der Waals surface area (Å²) in [5.74, 6) is 0.0482. The quantitative estimate of drug-likeness (QED) is 0.791. The molecule has 0 aromatic carbocycles. The van der Waals surface area contributed by atoms with Gasteiger partial charge in [-0.15, -0.1) is 0 Å². The van der Waals surface area contributed by atoms with E-state index in [2.05, 4.69) is 45.1 Å². The first-order valence-electron chi connectivity index (χ1n) is 8.35. The molecule has 3 N–H and O–H groups in total. The summed E-state index contributed by atoms with van der Waals surface area (Å²) < 4.78 is 0. The molecule has 21 heavy (non-hydrogen) atoms. The molecule has 1 fully saturated rings. The third-order valence-corrected chi connectivity index (χ3v) is 4.84. The lowest BCUT2D eigenvalue weighted by atomic mass is 9.80. The van der Waals surface area contributed by atoms with Crippen molar-refractivity contribution in [2.24, 2.45) is 17.1 Å². The smallest absolute Gasteiger partial charge is 0.224 e. The van der Waals surface area contributed by atoms with Gasteiger partial charge in [-0.05, 0) is 38.8 Å². The van der Waals surface area contributed by atoms with Gasteiger partial charge in [0.05, 0.1) is 5.92 Å². The molecule has 1 atom stereocenters. The number of carbonyl (C=O) groups excluding carboxylic acids is 1. The Labute approximate surface area is 130 Å². The number of nitrogens with one attached hydrogen (secondary N) is 1. The van der Waals surface area contributed by atoms with Crippen molar-refractivity contribution in [3.63, 3.8) is 0 Å². The van der Waals surface area contributed by atoms with Gasteiger partial charge in [-0.3, -0.25) is 4.79 Å². The Morgan fingerprint density at radius 3 is 2.24 bits per heavy atom. The standard InChI is InChI=1S/C17H35N3O/c1-16(2,3)11-14(12-18)15(21)19-13-17(20(4)5)9-7-6-8-10-17/h14H,6-13,18H2,1-5H3,(H,19,21). The Morgan fingerprint density at radius 2 is 1.81 bits per heavy atom. The topological polar surface area (TPSA) is 58.4 Å². The molecule has 4 nitrogen and oxygen atoms in total. The first-order valence-corrected chi connectivity index (χ1v) is 8.35. The van der Waals surface area contributed by atoms with Crippen molar-refractivity contribution in [1.29, 1.82) is 0 Å². The Balaban J connectivity index is 2.60. The van der Waals surface area contributed by atoms with Gasteiger partial charge in [-0.2, -0.15) is 0 Å². The number of carbonyl (C=O) groups is 1. The Kier molecular flexibility index (Phi) is 6.67. The van der Waals surface area contributed by atoms with Gasteiger partial charge in [0.15, 0.2) is 0 Å². The molecule has 0 heterocycles. The van der Waals surface area contributed by atoms with E-state index in [1.165, 1.54) is 32.1 Å². The summed E-state index contributed by atoms with van der Waals surface area (Å²) in [6.45, 7) is 7.65. The third kappa shape index (κ3) is 5.59. The average molecular weight is 297 g/mol. The van der Waals surface area contributed by atoms with Gasteiger partial charge in [-0.1, -0.05) is 40.0 Å². The molecule has 124 valence electrons. The molecule has 0 aliphatic heterocycles. The summed E-state index contributed by atoms with van der Waals surface area (Å²) >= 11 is 0. The zero-order chi connectivity index (χ0) is 16.1. The van der Waals surface area contributed by atoms with Crippen molar-refractivity contribution in [1.82, 2.24) is 10.2 Å². The minimum Gasteiger partial charge on any atom is -0.354 e. The summed E-state index contributed by atoms with van der Waals surface area (Å²) in [6.07, 6.45) is 7.02. The van der Waals surface area contributed by atoms with Gasteiger partial charge in [0, 0.05) is 18.6 Å². The van der Waals surface area contributed by atoms with Gasteiger partial charge >= 0.3 is 0 Å². The molecule has 1 unspecified atom stereocenters. The van der Waals surface area contributed by atoms with Crippen LogP contribution in [0.1, 0.15) is 59.3 Å². The molecule has 0 aromatic heterocycles. The van der Waals surface area contributed by atoms with Crippen molar-refractivity contribution in [3.05, 3.63) is 0 Å². The molecule has 1 saturated carbocycles. The van der Waals surface area contributed by atoms with Gasteiger partial charge in [0.2, 0.25) is 5.91 Å². The van der Waals surface area contributed by atoms with Crippen LogP contribution in [0.4, 0.5) is 0 Å². The van der Waals surface area contributed by atoms with Crippen LogP contribution in [0.5, 0.6) is 0 Å². The molecule has 4 heteroatoms. The van der Waals surface area contributed by atoms with E-state index in [1.54, 1.807) is 0 Å². The van der Waals surface area contributed by atoms with Crippen LogP contribution in [-0.4, -0.2) is 43.5 Å². The lowest BCUT2D eigenvalue weighted by Crippen LogP contribution is -2.55. The molecule has 1 aliphatic rings. The Bertz CT molecular complexity index is 327. The minimum atomic E-state index is -0.0761. The molecular formula is C17H35N3O. The van der Waals surface area contributed by atoms with Crippen LogP contribution in [0.25, 0.3) is 0 Å². The molecule has 1 aliphatic carbocycles. The number of nitrogens with zero attached hydrogens (tertiary/aromatic N) is 1. The Hall–Kier alpha value is -0.610. The van der Waals surface area contributed by atoms with E-state index in [4.69, 9.17) is 5.73 Å². The fourth-order valence-corrected chi connectivity index (χ4v) is 3.41. The van der Waals surface area contributed by atoms with E-state index in [0.717, 1.165) is 13.0 Å². The van der Waals surface area contributed by atoms with E-state index in [-0.39, 0.29) is 22.8 Å². The maximum Gasteiger partial charge on any atom is 0.224 e. The van der Waals surface area contributed by atoms with E-state index in [0.29, 0.717) is 6.54 Å². The van der Waals surface area contributed by atoms with Crippen LogP contribution >= 0.6 is 0 Å². The predicted molar refractivity (Wildman–Crippen MR) is 89.1 cm³/mol. The van der Waals surface area contributed by atoms with Crippen molar-refractivity contribution in [3.8, 4) is 0 Å². The molecule has 0 aromatic rings. The lowest BCUT2D eigenvalue weighted by molar-refractivity contribution is -0.126. The Morgan fingerprint density at radius 1 is 1.24 bits per heavy atom. The molecule has 0 spiro atoms. The summed E-state index contributed by atoms with van der Waals surface area (Å²) in [5.41, 5.74) is 6.08. The highest BCUT2D eigenvalue weighted by molar-refractivity contribution is 5.79. The third-order valence-electron chi connectivity index (χ3n) is 4.84. The van der Waals surface area contributed by atoms with Crippen molar-refractivity contribution in [2.45, 2.75) is 64.8 Å². The number of hydrogen-bond acceptors (Lipinski definition) is 3. The van der Waals surface area contributed by atoms with Crippen molar-refractivity contribution >= 4 is 5.91 Å². The first-order chi connectivity index (χ1) is 9.70. The lowest BCUT2D eigenvalue weighted by Gasteiger charge is -2.43. The van der Waals surface area contributed by atoms with Crippen LogP contribution < -0.4 is 11.1 Å². The average Bonchev–Trinajstić information content (AvgIpc) is 2.42. The fourth-order valence-electron chi connectivity index (χ4n) is 3.41. The SMILES string of the molecule is CN(C)C1(CNC(=O)C(CN)CC(C)(C)C)CCCCC1. The minimum absolute atomic E-state index is 0.0761. The predicted octanol–water partition coefficient (Wildman–Crippen LogP) is 2.38. The number of rotatable bonds is 6. The maximum absolute atomic E-state index is 12.4. The van der Waals surface area contributed by atoms with E-state index in [9.17, 15) is 4.79 Å². The van der Waals surface area contributed by atoms with Gasteiger partial charge in [0.1, 0.15) is 0 Å². The fraction of sp³-hybridized carbons (Fsp3) is 0.941. The highest BCUT2D eigenvalue weighted by atomic mass is 16.1. The van der Waals surface area contributed by atoms with Crippen LogP contribution in [0, 0.1) is 11.3 Å². The highest BCUT2D eigenvalue weighted by Crippen LogP contribution is 2.32. The summed E-state index contributed by atoms with van der Waals surface area (Å²) in [4.78, 5) is 14.7. The van der Waals surface area contributed by atoms with Crippen molar-refractivity contribution in [2.75, 3.05) is 27.2 Å². The summed E-state index contributed by atoms with van der Waals surface area (Å²) in [6, 6.07) is 0. The van der Waals surface area contributed by atoms with E-state index < -0.39 is 0 Å². The number of likely N-dealkylation sites (N-methyl/N-ethyl adjacent to an activating group) is 1. The molecule has 0 bridgehead atoms. The van der Waals surface area contributed by atoms with E-state index in [1.807, 2.05) is 0 Å². The maximum atomic E-state index is 12.4. The first kappa shape index (κ1) is 18.4. The second-order valence-electron chi connectivity index (χ2n) is 8.09. The van der Waals surface area contributed by atoms with Crippen molar-refractivity contribution < 1.29 is 4.79 Å². The zero-order valence-electron chi connectivity index (χ0n) is 14.7. The van der Waals surface area contributed by atoms with Gasteiger partial charge in [-0.25, -0.2) is 0 Å². The number of amides is 1. The second-order valence-corrected chi connectivity index (χ2v) is 8.09. The normalized spacial score (nSPS) is 20.3. The van der Waals surface area contributed by atoms with Gasteiger partial charge < -0.3 is 16.0 Å². The molecule has 1 rings (SSSR count). The number of nitrogens with two attached hydrogens (primary N) is 1. The largest absolute Gasteiger partial charge is 0.354 e. The molecular weight excluding hydrogens is 262 g/mol.